The number of carboxylic acid groups (broad SMARTS) is 1. The minimum absolute atomic E-state index is 0.00437. The van der Waals surface area contributed by atoms with Crippen LogP contribution in [0.2, 0.25) is 0 Å². The van der Waals surface area contributed by atoms with Crippen LogP contribution in [0, 0.1) is 0 Å². The van der Waals surface area contributed by atoms with Gasteiger partial charge in [-0.15, -0.1) is 0 Å². The molecule has 35 heavy (non-hydrogen) atoms. The number of thiol groups is 1. The van der Waals surface area contributed by atoms with E-state index in [1.54, 1.807) is 30.3 Å². The molecular weight excluding hydrogens is 478 g/mol. The van der Waals surface area contributed by atoms with Crippen molar-refractivity contribution in [3.8, 4) is 0 Å². The number of rotatable bonds is 15. The summed E-state index contributed by atoms with van der Waals surface area (Å²) in [6, 6.07) is 3.81. The Morgan fingerprint density at radius 2 is 1.51 bits per heavy atom. The molecule has 14 heteroatoms. The highest BCUT2D eigenvalue weighted by Crippen LogP contribution is 2.04. The Hall–Kier alpha value is -3.36. The monoisotopic (exact) mass is 511 g/mol. The smallest absolute Gasteiger partial charge is 0.326 e. The van der Waals surface area contributed by atoms with Gasteiger partial charge in [-0.1, -0.05) is 30.3 Å². The molecule has 0 saturated carbocycles. The number of aliphatic hydroxyl groups excluding tert-OH is 1. The van der Waals surface area contributed by atoms with Crippen LogP contribution in [-0.4, -0.2) is 82.9 Å². The lowest BCUT2D eigenvalue weighted by atomic mass is 10.1. The van der Waals surface area contributed by atoms with Gasteiger partial charge >= 0.3 is 5.97 Å². The molecule has 1 aromatic carbocycles. The van der Waals surface area contributed by atoms with Gasteiger partial charge in [-0.3, -0.25) is 19.4 Å². The third-order valence-electron chi connectivity index (χ3n) is 4.83. The van der Waals surface area contributed by atoms with Crippen molar-refractivity contribution in [2.75, 3.05) is 18.9 Å². The van der Waals surface area contributed by atoms with E-state index in [2.05, 4.69) is 33.6 Å². The van der Waals surface area contributed by atoms with Crippen molar-refractivity contribution >= 4 is 42.3 Å². The Labute approximate surface area is 208 Å². The van der Waals surface area contributed by atoms with Crippen LogP contribution in [0.3, 0.4) is 0 Å². The fourth-order valence-electron chi connectivity index (χ4n) is 2.91. The second-order valence-corrected chi connectivity index (χ2v) is 8.00. The van der Waals surface area contributed by atoms with Gasteiger partial charge in [0.1, 0.15) is 18.1 Å². The molecular formula is C21H33N7O6S. The van der Waals surface area contributed by atoms with Gasteiger partial charge in [-0.25, -0.2) is 4.79 Å². The van der Waals surface area contributed by atoms with Crippen LogP contribution in [0.25, 0.3) is 0 Å². The second kappa shape index (κ2) is 15.5. The Morgan fingerprint density at radius 3 is 2.06 bits per heavy atom. The fraction of sp³-hybridized carbons (Fsp3) is 0.476. The van der Waals surface area contributed by atoms with Crippen LogP contribution in [0.15, 0.2) is 35.3 Å². The number of nitrogens with zero attached hydrogens (tertiary/aromatic N) is 1. The first-order valence-electron chi connectivity index (χ1n) is 10.8. The number of aliphatic hydroxyl groups is 1. The van der Waals surface area contributed by atoms with Gasteiger partial charge in [-0.2, -0.15) is 12.6 Å². The number of nitrogens with two attached hydrogens (primary N) is 3. The van der Waals surface area contributed by atoms with Gasteiger partial charge in [0.2, 0.25) is 17.7 Å². The van der Waals surface area contributed by atoms with Crippen molar-refractivity contribution in [3.63, 3.8) is 0 Å². The van der Waals surface area contributed by atoms with E-state index in [9.17, 15) is 29.4 Å². The lowest BCUT2D eigenvalue weighted by molar-refractivity contribution is -0.142. The number of guanidine groups is 1. The Bertz CT molecular complexity index is 882. The highest BCUT2D eigenvalue weighted by atomic mass is 32.1. The van der Waals surface area contributed by atoms with E-state index < -0.39 is 54.5 Å². The Balaban J connectivity index is 2.68. The zero-order valence-electron chi connectivity index (χ0n) is 19.1. The first kappa shape index (κ1) is 29.7. The van der Waals surface area contributed by atoms with E-state index in [0.29, 0.717) is 12.0 Å². The topological polar surface area (TPSA) is 235 Å². The molecule has 13 nitrogen and oxygen atoms in total. The van der Waals surface area contributed by atoms with Crippen molar-refractivity contribution in [1.29, 1.82) is 0 Å². The van der Waals surface area contributed by atoms with Crippen LogP contribution in [0.1, 0.15) is 18.4 Å². The summed E-state index contributed by atoms with van der Waals surface area (Å²) >= 11 is 4.04. The molecule has 1 aromatic rings. The number of hydrogen-bond donors (Lipinski definition) is 9. The number of amides is 3. The van der Waals surface area contributed by atoms with E-state index in [-0.39, 0.29) is 31.1 Å². The SMILES string of the molecule is NC(N)=NCCCC(N)C(=O)NC(CS)C(=O)NC(CO)C(=O)NC(Cc1ccccc1)C(=O)O. The average Bonchev–Trinajstić information content (AvgIpc) is 2.82. The number of nitrogens with one attached hydrogen (secondary N) is 3. The zero-order valence-corrected chi connectivity index (χ0v) is 20.0. The molecule has 0 fully saturated rings. The summed E-state index contributed by atoms with van der Waals surface area (Å²) in [5.41, 5.74) is 16.9. The average molecular weight is 512 g/mol. The van der Waals surface area contributed by atoms with E-state index in [0.717, 1.165) is 0 Å². The number of benzene rings is 1. The van der Waals surface area contributed by atoms with Gasteiger partial charge in [0.05, 0.1) is 12.6 Å². The third kappa shape index (κ3) is 11.1. The molecule has 0 saturated heterocycles. The summed E-state index contributed by atoms with van der Waals surface area (Å²) in [5, 5.41) is 26.1. The molecule has 0 heterocycles. The number of carbonyl (C=O) groups excluding carboxylic acids is 3. The van der Waals surface area contributed by atoms with Gasteiger partial charge in [0.25, 0.3) is 0 Å². The second-order valence-electron chi connectivity index (χ2n) is 7.63. The molecule has 4 atom stereocenters. The summed E-state index contributed by atoms with van der Waals surface area (Å²) in [5.74, 6) is -3.80. The molecule has 0 spiro atoms. The molecule has 0 bridgehead atoms. The number of hydrogen-bond acceptors (Lipinski definition) is 8. The summed E-state index contributed by atoms with van der Waals surface area (Å²) < 4.78 is 0. The molecule has 0 radical (unpaired) electrons. The van der Waals surface area contributed by atoms with Crippen LogP contribution in [-0.2, 0) is 25.6 Å². The number of carboxylic acids is 1. The van der Waals surface area contributed by atoms with Crippen LogP contribution in [0.5, 0.6) is 0 Å². The molecule has 194 valence electrons. The van der Waals surface area contributed by atoms with Crippen LogP contribution >= 0.6 is 12.6 Å². The quantitative estimate of drug-likeness (QED) is 0.0506. The fourth-order valence-corrected chi connectivity index (χ4v) is 3.17. The van der Waals surface area contributed by atoms with E-state index in [4.69, 9.17) is 17.2 Å². The molecule has 0 aliphatic rings. The first-order chi connectivity index (χ1) is 16.6. The Morgan fingerprint density at radius 1 is 0.943 bits per heavy atom. The molecule has 3 amide bonds. The predicted octanol–water partition coefficient (Wildman–Crippen LogP) is -2.93. The molecule has 4 unspecified atom stereocenters. The molecule has 0 aromatic heterocycles. The summed E-state index contributed by atoms with van der Waals surface area (Å²) in [6.07, 6.45) is 0.693. The highest BCUT2D eigenvalue weighted by Gasteiger charge is 2.29. The normalized spacial score (nSPS) is 14.0. The maximum atomic E-state index is 12.6. The summed E-state index contributed by atoms with van der Waals surface area (Å²) in [7, 11) is 0. The van der Waals surface area contributed by atoms with Crippen molar-refractivity contribution in [2.45, 2.75) is 43.4 Å². The van der Waals surface area contributed by atoms with Gasteiger partial charge < -0.3 is 43.4 Å². The lowest BCUT2D eigenvalue weighted by Gasteiger charge is -2.23. The standard InChI is InChI=1S/C21H33N7O6S/c22-13(7-4-8-25-21(23)24)17(30)28-16(11-35)19(32)27-15(10-29)18(31)26-14(20(33)34)9-12-5-2-1-3-6-12/h1-3,5-6,13-16,29,35H,4,7-11,22H2,(H,26,31)(H,27,32)(H,28,30)(H,33,34)(H4,23,24,25). The van der Waals surface area contributed by atoms with Crippen molar-refractivity contribution in [1.82, 2.24) is 16.0 Å². The molecule has 11 N–H and O–H groups in total. The van der Waals surface area contributed by atoms with E-state index in [1.165, 1.54) is 0 Å². The number of aliphatic carboxylic acids is 1. The molecule has 0 aliphatic heterocycles. The van der Waals surface area contributed by atoms with Crippen molar-refractivity contribution in [3.05, 3.63) is 35.9 Å². The third-order valence-corrected chi connectivity index (χ3v) is 5.20. The maximum absolute atomic E-state index is 12.6. The van der Waals surface area contributed by atoms with Gasteiger partial charge in [-0.05, 0) is 18.4 Å². The van der Waals surface area contributed by atoms with Gasteiger partial charge in [0.15, 0.2) is 5.96 Å². The predicted molar refractivity (Wildman–Crippen MR) is 132 cm³/mol. The van der Waals surface area contributed by atoms with Crippen LogP contribution < -0.4 is 33.2 Å². The van der Waals surface area contributed by atoms with E-state index in [1.807, 2.05) is 0 Å². The molecule has 0 aliphatic carbocycles. The Kier molecular flexibility index (Phi) is 13.2. The van der Waals surface area contributed by atoms with Crippen molar-refractivity contribution < 1.29 is 29.4 Å². The number of aliphatic imine (C=N–C) groups is 1. The highest BCUT2D eigenvalue weighted by molar-refractivity contribution is 7.80. The minimum atomic E-state index is -1.45. The first-order valence-corrected chi connectivity index (χ1v) is 11.4. The minimum Gasteiger partial charge on any atom is -0.480 e. The zero-order chi connectivity index (χ0) is 26.4. The van der Waals surface area contributed by atoms with Gasteiger partial charge in [0, 0.05) is 18.7 Å². The maximum Gasteiger partial charge on any atom is 0.326 e. The summed E-state index contributed by atoms with van der Waals surface area (Å²) in [6.45, 7) is -0.512. The number of carbonyl (C=O) groups is 4. The summed E-state index contributed by atoms with van der Waals surface area (Å²) in [4.78, 5) is 52.8. The molecule has 1 rings (SSSR count). The largest absolute Gasteiger partial charge is 0.480 e. The van der Waals surface area contributed by atoms with Crippen molar-refractivity contribution in [2.24, 2.45) is 22.2 Å². The van der Waals surface area contributed by atoms with Crippen LogP contribution in [0.4, 0.5) is 0 Å². The van der Waals surface area contributed by atoms with E-state index >= 15 is 0 Å². The lowest BCUT2D eigenvalue weighted by Crippen LogP contribution is -2.58.